The van der Waals surface area contributed by atoms with Crippen molar-refractivity contribution in [3.63, 3.8) is 0 Å². The minimum Gasteiger partial charge on any atom is -0.349 e. The van der Waals surface area contributed by atoms with Crippen LogP contribution < -0.4 is 5.32 Å². The van der Waals surface area contributed by atoms with E-state index in [2.05, 4.69) is 17.1 Å². The first-order chi connectivity index (χ1) is 13.2. The van der Waals surface area contributed by atoms with Crippen LogP contribution in [0.25, 0.3) is 0 Å². The fourth-order valence-electron chi connectivity index (χ4n) is 4.85. The number of nitrogens with zero attached hydrogens (tertiary/aromatic N) is 1. The smallest absolute Gasteiger partial charge is 0.251 e. The van der Waals surface area contributed by atoms with Crippen molar-refractivity contribution in [3.05, 3.63) is 35.6 Å². The topological polar surface area (TPSA) is 32.3 Å². The lowest BCUT2D eigenvalue weighted by Gasteiger charge is -2.39. The summed E-state index contributed by atoms with van der Waals surface area (Å²) in [6.45, 7) is 5.82. The molecular formula is C23H35FN2O. The Bertz CT molecular complexity index is 589. The number of carbonyl (C=O) groups excluding carboxylic acids is 1. The van der Waals surface area contributed by atoms with Crippen LogP contribution in [0.2, 0.25) is 0 Å². The predicted molar refractivity (Wildman–Crippen MR) is 108 cm³/mol. The molecule has 0 bridgehead atoms. The molecule has 1 saturated carbocycles. The van der Waals surface area contributed by atoms with E-state index >= 15 is 0 Å². The molecule has 4 heteroatoms. The molecule has 1 amide bonds. The number of rotatable bonds is 7. The summed E-state index contributed by atoms with van der Waals surface area (Å²) in [6.07, 6.45) is 11.4. The molecule has 3 atom stereocenters. The van der Waals surface area contributed by atoms with E-state index in [-0.39, 0.29) is 17.8 Å². The standard InChI is InChI=1S/C23H35FN2O/c1-2-3-7-18-8-6-15-26(16-18)17-20-9-4-5-10-22(20)25-23(27)19-11-13-21(24)14-12-19/h11-14,18,20,22H,2-10,15-17H2,1H3,(H,25,27)/t18?,20-,22?/m0/s1. The van der Waals surface area contributed by atoms with Gasteiger partial charge < -0.3 is 10.2 Å². The van der Waals surface area contributed by atoms with Crippen LogP contribution in [0.1, 0.15) is 75.1 Å². The zero-order valence-electron chi connectivity index (χ0n) is 16.8. The number of amides is 1. The lowest BCUT2D eigenvalue weighted by Crippen LogP contribution is -2.48. The lowest BCUT2D eigenvalue weighted by molar-refractivity contribution is 0.0853. The normalized spacial score (nSPS) is 26.7. The fourth-order valence-corrected chi connectivity index (χ4v) is 4.85. The first-order valence-corrected chi connectivity index (χ1v) is 10.9. The van der Waals surface area contributed by atoms with Crippen molar-refractivity contribution in [3.8, 4) is 0 Å². The molecule has 1 aromatic carbocycles. The fraction of sp³-hybridized carbons (Fsp3) is 0.696. The van der Waals surface area contributed by atoms with Crippen LogP contribution >= 0.6 is 0 Å². The van der Waals surface area contributed by atoms with E-state index in [1.54, 1.807) is 12.1 Å². The van der Waals surface area contributed by atoms with Gasteiger partial charge in [0.05, 0.1) is 0 Å². The number of piperidine rings is 1. The Labute approximate surface area is 163 Å². The summed E-state index contributed by atoms with van der Waals surface area (Å²) in [5.41, 5.74) is 0.554. The van der Waals surface area contributed by atoms with Crippen molar-refractivity contribution >= 4 is 5.91 Å². The molecule has 3 rings (SSSR count). The van der Waals surface area contributed by atoms with Crippen LogP contribution in [0.4, 0.5) is 4.39 Å². The average Bonchev–Trinajstić information content (AvgIpc) is 2.68. The molecule has 27 heavy (non-hydrogen) atoms. The maximum Gasteiger partial charge on any atom is 0.251 e. The van der Waals surface area contributed by atoms with Crippen LogP contribution in [-0.4, -0.2) is 36.5 Å². The molecule has 0 aromatic heterocycles. The first kappa shape index (κ1) is 20.3. The number of nitrogens with one attached hydrogen (secondary N) is 1. The van der Waals surface area contributed by atoms with Crippen LogP contribution in [0.5, 0.6) is 0 Å². The van der Waals surface area contributed by atoms with Crippen LogP contribution in [0.15, 0.2) is 24.3 Å². The van der Waals surface area contributed by atoms with Gasteiger partial charge in [0, 0.05) is 24.7 Å². The van der Waals surface area contributed by atoms with E-state index in [1.807, 2.05) is 0 Å². The Morgan fingerprint density at radius 3 is 2.70 bits per heavy atom. The Hall–Kier alpha value is -1.42. The van der Waals surface area contributed by atoms with Gasteiger partial charge in [0.1, 0.15) is 5.82 Å². The van der Waals surface area contributed by atoms with Crippen molar-refractivity contribution in [2.45, 2.75) is 70.8 Å². The third-order valence-corrected chi connectivity index (χ3v) is 6.39. The summed E-state index contributed by atoms with van der Waals surface area (Å²) in [7, 11) is 0. The molecule has 2 fully saturated rings. The van der Waals surface area contributed by atoms with Gasteiger partial charge in [0.15, 0.2) is 0 Å². The van der Waals surface area contributed by atoms with E-state index in [1.165, 1.54) is 76.6 Å². The molecule has 2 unspecified atom stereocenters. The van der Waals surface area contributed by atoms with Gasteiger partial charge in [-0.25, -0.2) is 4.39 Å². The van der Waals surface area contributed by atoms with Crippen molar-refractivity contribution < 1.29 is 9.18 Å². The van der Waals surface area contributed by atoms with Gasteiger partial charge in [-0.05, 0) is 74.8 Å². The molecule has 1 heterocycles. The molecule has 1 aliphatic carbocycles. The highest BCUT2D eigenvalue weighted by Crippen LogP contribution is 2.28. The third-order valence-electron chi connectivity index (χ3n) is 6.39. The van der Waals surface area contributed by atoms with Gasteiger partial charge in [-0.3, -0.25) is 4.79 Å². The van der Waals surface area contributed by atoms with Crippen molar-refractivity contribution in [1.82, 2.24) is 10.2 Å². The molecule has 1 aromatic rings. The van der Waals surface area contributed by atoms with Crippen LogP contribution in [-0.2, 0) is 0 Å². The van der Waals surface area contributed by atoms with Gasteiger partial charge in [0.25, 0.3) is 5.91 Å². The number of hydrogen-bond acceptors (Lipinski definition) is 2. The van der Waals surface area contributed by atoms with Crippen molar-refractivity contribution in [2.24, 2.45) is 11.8 Å². The Morgan fingerprint density at radius 2 is 1.93 bits per heavy atom. The zero-order chi connectivity index (χ0) is 19.1. The Kier molecular flexibility index (Phi) is 7.69. The molecule has 1 saturated heterocycles. The Morgan fingerprint density at radius 1 is 1.15 bits per heavy atom. The maximum atomic E-state index is 13.1. The number of carbonyl (C=O) groups is 1. The highest BCUT2D eigenvalue weighted by atomic mass is 19.1. The minimum absolute atomic E-state index is 0.0635. The quantitative estimate of drug-likeness (QED) is 0.727. The van der Waals surface area contributed by atoms with Gasteiger partial charge in [-0.1, -0.05) is 32.6 Å². The second kappa shape index (κ2) is 10.2. The maximum absolute atomic E-state index is 13.1. The van der Waals surface area contributed by atoms with E-state index < -0.39 is 0 Å². The molecule has 1 aliphatic heterocycles. The summed E-state index contributed by atoms with van der Waals surface area (Å²) in [4.78, 5) is 15.2. The molecule has 1 N–H and O–H groups in total. The van der Waals surface area contributed by atoms with Gasteiger partial charge in [0.2, 0.25) is 0 Å². The molecule has 2 aliphatic rings. The molecule has 3 nitrogen and oxygen atoms in total. The highest BCUT2D eigenvalue weighted by molar-refractivity contribution is 5.94. The summed E-state index contributed by atoms with van der Waals surface area (Å²) in [6, 6.07) is 6.11. The van der Waals surface area contributed by atoms with Crippen LogP contribution in [0.3, 0.4) is 0 Å². The van der Waals surface area contributed by atoms with Crippen molar-refractivity contribution in [2.75, 3.05) is 19.6 Å². The van der Waals surface area contributed by atoms with Gasteiger partial charge in [-0.15, -0.1) is 0 Å². The van der Waals surface area contributed by atoms with Crippen molar-refractivity contribution in [1.29, 1.82) is 0 Å². The zero-order valence-corrected chi connectivity index (χ0v) is 16.8. The Balaban J connectivity index is 1.55. The summed E-state index contributed by atoms with van der Waals surface area (Å²) in [5, 5.41) is 3.25. The van der Waals surface area contributed by atoms with Gasteiger partial charge >= 0.3 is 0 Å². The highest BCUT2D eigenvalue weighted by Gasteiger charge is 2.30. The number of halogens is 1. The molecular weight excluding hydrogens is 339 g/mol. The summed E-state index contributed by atoms with van der Waals surface area (Å²) >= 11 is 0. The number of hydrogen-bond donors (Lipinski definition) is 1. The minimum atomic E-state index is -0.301. The van der Waals surface area contributed by atoms with Gasteiger partial charge in [-0.2, -0.15) is 0 Å². The molecule has 0 radical (unpaired) electrons. The average molecular weight is 375 g/mol. The van der Waals surface area contributed by atoms with Crippen LogP contribution in [0, 0.1) is 17.7 Å². The second-order valence-electron chi connectivity index (χ2n) is 8.54. The summed E-state index contributed by atoms with van der Waals surface area (Å²) < 4.78 is 13.1. The number of benzene rings is 1. The number of unbranched alkanes of at least 4 members (excludes halogenated alkanes) is 1. The van der Waals surface area contributed by atoms with E-state index in [0.29, 0.717) is 11.5 Å². The summed E-state index contributed by atoms with van der Waals surface area (Å²) in [5.74, 6) is 1.03. The third kappa shape index (κ3) is 6.03. The lowest BCUT2D eigenvalue weighted by atomic mass is 9.83. The largest absolute Gasteiger partial charge is 0.349 e. The molecule has 0 spiro atoms. The monoisotopic (exact) mass is 374 g/mol. The molecule has 150 valence electrons. The SMILES string of the molecule is CCCCC1CCCN(C[C@@H]2CCCCC2NC(=O)c2ccc(F)cc2)C1. The van der Waals surface area contributed by atoms with E-state index in [9.17, 15) is 9.18 Å². The number of likely N-dealkylation sites (tertiary alicyclic amines) is 1. The predicted octanol–water partition coefficient (Wildman–Crippen LogP) is 5.02. The second-order valence-corrected chi connectivity index (χ2v) is 8.54. The first-order valence-electron chi connectivity index (χ1n) is 10.9. The van der Waals surface area contributed by atoms with E-state index in [0.717, 1.165) is 18.9 Å². The van der Waals surface area contributed by atoms with E-state index in [4.69, 9.17) is 0 Å².